The summed E-state index contributed by atoms with van der Waals surface area (Å²) in [5, 5.41) is 13.9. The van der Waals surface area contributed by atoms with Crippen molar-refractivity contribution < 1.29 is 14.6 Å². The lowest BCUT2D eigenvalue weighted by atomic mass is 9.97. The van der Waals surface area contributed by atoms with Crippen LogP contribution in [0, 0.1) is 5.92 Å². The summed E-state index contributed by atoms with van der Waals surface area (Å²) in [6.45, 7) is 6.21. The number of nitrogens with one attached hydrogen (secondary N) is 3. The minimum atomic E-state index is -0.378. The van der Waals surface area contributed by atoms with E-state index in [9.17, 15) is 9.90 Å². The molecule has 0 spiro atoms. The van der Waals surface area contributed by atoms with Crippen molar-refractivity contribution in [2.45, 2.75) is 45.7 Å². The number of aromatic hydroxyl groups is 1. The fourth-order valence-electron chi connectivity index (χ4n) is 3.49. The Kier molecular flexibility index (Phi) is 7.07. The minimum Gasteiger partial charge on any atom is -0.504 e. The van der Waals surface area contributed by atoms with E-state index >= 15 is 0 Å². The van der Waals surface area contributed by atoms with Gasteiger partial charge in [-0.25, -0.2) is 16.3 Å². The van der Waals surface area contributed by atoms with Crippen molar-refractivity contribution in [3.05, 3.63) is 59.2 Å². The van der Waals surface area contributed by atoms with Gasteiger partial charge < -0.3 is 9.84 Å². The average Bonchev–Trinajstić information content (AvgIpc) is 3.22. The first-order valence-corrected chi connectivity index (χ1v) is 10.2. The van der Waals surface area contributed by atoms with Crippen molar-refractivity contribution in [2.75, 3.05) is 7.11 Å². The van der Waals surface area contributed by atoms with E-state index in [1.807, 2.05) is 0 Å². The summed E-state index contributed by atoms with van der Waals surface area (Å²) >= 11 is 0. The number of hydrazone groups is 1. The zero-order valence-corrected chi connectivity index (χ0v) is 17.9. The number of phenolic OH excluding ortho intramolecular Hbond substituents is 1. The maximum absolute atomic E-state index is 12.5. The van der Waals surface area contributed by atoms with Gasteiger partial charge >= 0.3 is 0 Å². The lowest BCUT2D eigenvalue weighted by molar-refractivity contribution is -0.122. The average molecular weight is 411 g/mol. The van der Waals surface area contributed by atoms with Gasteiger partial charge in [0.15, 0.2) is 11.5 Å². The van der Waals surface area contributed by atoms with Gasteiger partial charge in [-0.2, -0.15) is 5.10 Å². The third-order valence-corrected chi connectivity index (χ3v) is 5.18. The smallest absolute Gasteiger partial charge is 0.258 e. The fourth-order valence-corrected chi connectivity index (χ4v) is 3.49. The van der Waals surface area contributed by atoms with Crippen LogP contribution < -0.4 is 21.0 Å². The van der Waals surface area contributed by atoms with Crippen LogP contribution in [0.1, 0.15) is 49.9 Å². The van der Waals surface area contributed by atoms with Crippen molar-refractivity contribution in [3.8, 4) is 11.5 Å². The standard InChI is InChI=1S/C23H30N4O3/c1-14(2)11-16-5-7-17(8-6-16)19-13-20(26-25-19)23(29)27-24-15(3)18-9-10-21(28)22(12-18)30-4/h5-10,12,14,19-20,25-26,28H,11,13H2,1-4H3,(H,27,29)/b24-15+. The molecule has 1 aliphatic rings. The van der Waals surface area contributed by atoms with Crippen LogP contribution >= 0.6 is 0 Å². The van der Waals surface area contributed by atoms with Crippen LogP contribution in [-0.2, 0) is 11.2 Å². The Balaban J connectivity index is 1.57. The van der Waals surface area contributed by atoms with Crippen LogP contribution in [0.2, 0.25) is 0 Å². The van der Waals surface area contributed by atoms with Gasteiger partial charge in [-0.05, 0) is 55.0 Å². The van der Waals surface area contributed by atoms with Gasteiger partial charge in [0.25, 0.3) is 5.91 Å². The van der Waals surface area contributed by atoms with Crippen LogP contribution in [0.3, 0.4) is 0 Å². The zero-order chi connectivity index (χ0) is 21.7. The highest BCUT2D eigenvalue weighted by Crippen LogP contribution is 2.26. The van der Waals surface area contributed by atoms with Gasteiger partial charge in [-0.15, -0.1) is 0 Å². The van der Waals surface area contributed by atoms with Crippen molar-refractivity contribution >= 4 is 11.6 Å². The molecular formula is C23H30N4O3. The number of methoxy groups -OCH3 is 1. The van der Waals surface area contributed by atoms with Crippen molar-refractivity contribution in [1.82, 2.24) is 16.3 Å². The highest BCUT2D eigenvalue weighted by atomic mass is 16.5. The predicted molar refractivity (Wildman–Crippen MR) is 117 cm³/mol. The summed E-state index contributed by atoms with van der Waals surface area (Å²) in [6, 6.07) is 13.2. The Morgan fingerprint density at radius 1 is 1.23 bits per heavy atom. The SMILES string of the molecule is COc1cc(/C(C)=N/NC(=O)C2CC(c3ccc(CC(C)C)cc3)NN2)ccc1O. The number of carbonyl (C=O) groups excluding carboxylic acids is 1. The molecule has 1 heterocycles. The largest absolute Gasteiger partial charge is 0.504 e. The number of hydrogen-bond donors (Lipinski definition) is 4. The highest BCUT2D eigenvalue weighted by Gasteiger charge is 2.30. The molecule has 1 fully saturated rings. The molecule has 2 aromatic rings. The molecule has 2 atom stereocenters. The van der Waals surface area contributed by atoms with E-state index in [1.165, 1.54) is 18.7 Å². The van der Waals surface area contributed by atoms with Crippen LogP contribution in [0.4, 0.5) is 0 Å². The topological polar surface area (TPSA) is 95.0 Å². The highest BCUT2D eigenvalue weighted by molar-refractivity contribution is 6.00. The summed E-state index contributed by atoms with van der Waals surface area (Å²) in [6.07, 6.45) is 1.70. The second-order valence-electron chi connectivity index (χ2n) is 8.03. The zero-order valence-electron chi connectivity index (χ0n) is 17.9. The predicted octanol–water partition coefficient (Wildman–Crippen LogP) is 3.05. The Bertz CT molecular complexity index is 909. The normalized spacial score (nSPS) is 19.2. The van der Waals surface area contributed by atoms with E-state index in [0.29, 0.717) is 23.8 Å². The second kappa shape index (κ2) is 9.73. The number of carbonyl (C=O) groups is 1. The van der Waals surface area contributed by atoms with Crippen molar-refractivity contribution in [1.29, 1.82) is 0 Å². The Morgan fingerprint density at radius 2 is 1.97 bits per heavy atom. The van der Waals surface area contributed by atoms with E-state index in [2.05, 4.69) is 59.5 Å². The third kappa shape index (κ3) is 5.37. The number of benzene rings is 2. The fraction of sp³-hybridized carbons (Fsp3) is 0.391. The molecule has 0 aromatic heterocycles. The molecule has 2 aromatic carbocycles. The molecule has 7 heteroatoms. The number of rotatable bonds is 7. The summed E-state index contributed by atoms with van der Waals surface area (Å²) in [5.74, 6) is 0.841. The molecule has 3 rings (SSSR count). The third-order valence-electron chi connectivity index (χ3n) is 5.18. The van der Waals surface area contributed by atoms with E-state index in [4.69, 9.17) is 4.74 Å². The molecule has 0 radical (unpaired) electrons. The number of ether oxygens (including phenoxy) is 1. The van der Waals surface area contributed by atoms with Gasteiger partial charge in [0.2, 0.25) is 0 Å². The maximum atomic E-state index is 12.5. The van der Waals surface area contributed by atoms with Gasteiger partial charge in [0.05, 0.1) is 12.8 Å². The monoisotopic (exact) mass is 410 g/mol. The van der Waals surface area contributed by atoms with E-state index < -0.39 is 0 Å². The van der Waals surface area contributed by atoms with Crippen LogP contribution in [0.5, 0.6) is 11.5 Å². The van der Waals surface area contributed by atoms with Crippen LogP contribution in [0.25, 0.3) is 0 Å². The van der Waals surface area contributed by atoms with Gasteiger partial charge in [-0.1, -0.05) is 38.1 Å². The summed E-state index contributed by atoms with van der Waals surface area (Å²) < 4.78 is 5.11. The molecule has 2 unspecified atom stereocenters. The molecule has 1 amide bonds. The van der Waals surface area contributed by atoms with Crippen LogP contribution in [-0.4, -0.2) is 29.9 Å². The second-order valence-corrected chi connectivity index (χ2v) is 8.03. The molecule has 160 valence electrons. The number of hydrogen-bond acceptors (Lipinski definition) is 6. The van der Waals surface area contributed by atoms with Gasteiger partial charge in [-0.3, -0.25) is 4.79 Å². The molecule has 1 aliphatic heterocycles. The summed E-state index contributed by atoms with van der Waals surface area (Å²) in [4.78, 5) is 12.5. The summed E-state index contributed by atoms with van der Waals surface area (Å²) in [7, 11) is 1.49. The van der Waals surface area contributed by atoms with E-state index in [-0.39, 0.29) is 23.7 Å². The molecule has 0 aliphatic carbocycles. The first-order valence-electron chi connectivity index (χ1n) is 10.2. The molecule has 0 bridgehead atoms. The van der Waals surface area contributed by atoms with E-state index in [0.717, 1.165) is 17.5 Å². The first-order chi connectivity index (χ1) is 14.4. The number of nitrogens with zero attached hydrogens (tertiary/aromatic N) is 1. The lowest BCUT2D eigenvalue weighted by Gasteiger charge is -2.11. The molecule has 4 N–H and O–H groups in total. The molecule has 7 nitrogen and oxygen atoms in total. The quantitative estimate of drug-likeness (QED) is 0.416. The van der Waals surface area contributed by atoms with Crippen LogP contribution in [0.15, 0.2) is 47.6 Å². The first kappa shape index (κ1) is 21.8. The molecular weight excluding hydrogens is 380 g/mol. The van der Waals surface area contributed by atoms with Gasteiger partial charge in [0.1, 0.15) is 6.04 Å². The Labute approximate surface area is 177 Å². The molecule has 1 saturated heterocycles. The minimum absolute atomic E-state index is 0.0580. The number of phenols is 1. The summed E-state index contributed by atoms with van der Waals surface area (Å²) in [5.41, 5.74) is 12.7. The maximum Gasteiger partial charge on any atom is 0.258 e. The Morgan fingerprint density at radius 3 is 2.63 bits per heavy atom. The van der Waals surface area contributed by atoms with Gasteiger partial charge in [0, 0.05) is 11.6 Å². The number of amides is 1. The van der Waals surface area contributed by atoms with Crippen molar-refractivity contribution in [2.24, 2.45) is 11.0 Å². The molecule has 30 heavy (non-hydrogen) atoms. The van der Waals surface area contributed by atoms with Crippen molar-refractivity contribution in [3.63, 3.8) is 0 Å². The number of hydrazine groups is 1. The lowest BCUT2D eigenvalue weighted by Crippen LogP contribution is -2.41. The molecule has 0 saturated carbocycles. The van der Waals surface area contributed by atoms with E-state index in [1.54, 1.807) is 19.1 Å². The Hall–Kier alpha value is -2.90.